The lowest BCUT2D eigenvalue weighted by atomic mass is 10.2. The lowest BCUT2D eigenvalue weighted by molar-refractivity contribution is -0.151. The van der Waals surface area contributed by atoms with Crippen molar-refractivity contribution in [2.45, 2.75) is 39.8 Å². The summed E-state index contributed by atoms with van der Waals surface area (Å²) < 4.78 is 23.9. The van der Waals surface area contributed by atoms with Crippen molar-refractivity contribution >= 4 is 5.97 Å². The van der Waals surface area contributed by atoms with Gasteiger partial charge in [0.2, 0.25) is 0 Å². The van der Waals surface area contributed by atoms with Crippen LogP contribution in [0.5, 0.6) is 5.75 Å². The summed E-state index contributed by atoms with van der Waals surface area (Å²) in [5.74, 6) is -0.213. The number of nitrogens with one attached hydrogen (secondary N) is 1. The standard InChI is InChI=1S/C15H22FNO3/c1-4-13(15(18)19-6-3)20-14-8-7-12(16)9-11(14)10-17-5-2/h7-9,13,17H,4-6,10H2,1-3H3. The van der Waals surface area contributed by atoms with Gasteiger partial charge in [-0.2, -0.15) is 0 Å². The summed E-state index contributed by atoms with van der Waals surface area (Å²) in [6.07, 6.45) is -0.169. The number of carbonyl (C=O) groups excluding carboxylic acids is 1. The Balaban J connectivity index is 2.85. The van der Waals surface area contributed by atoms with E-state index >= 15 is 0 Å². The van der Waals surface area contributed by atoms with Gasteiger partial charge in [0.1, 0.15) is 11.6 Å². The highest BCUT2D eigenvalue weighted by Gasteiger charge is 2.20. The Morgan fingerprint density at radius 3 is 2.70 bits per heavy atom. The van der Waals surface area contributed by atoms with Crippen LogP contribution in [0.3, 0.4) is 0 Å². The van der Waals surface area contributed by atoms with Crippen LogP contribution in [0.25, 0.3) is 0 Å². The molecule has 1 unspecified atom stereocenters. The van der Waals surface area contributed by atoms with Crippen LogP contribution < -0.4 is 10.1 Å². The molecule has 0 heterocycles. The molecule has 1 N–H and O–H groups in total. The summed E-state index contributed by atoms with van der Waals surface area (Å²) >= 11 is 0. The summed E-state index contributed by atoms with van der Waals surface area (Å²) in [7, 11) is 0. The SMILES string of the molecule is CCNCc1cc(F)ccc1OC(CC)C(=O)OCC. The summed E-state index contributed by atoms with van der Waals surface area (Å²) in [6, 6.07) is 4.28. The molecule has 0 bridgehead atoms. The second-order valence-electron chi connectivity index (χ2n) is 4.30. The molecule has 0 aliphatic heterocycles. The molecular formula is C15H22FNO3. The van der Waals surface area contributed by atoms with Crippen molar-refractivity contribution in [2.75, 3.05) is 13.2 Å². The van der Waals surface area contributed by atoms with Crippen molar-refractivity contribution in [2.24, 2.45) is 0 Å². The summed E-state index contributed by atoms with van der Waals surface area (Å²) in [5, 5.41) is 3.11. The molecule has 1 aromatic rings. The summed E-state index contributed by atoms with van der Waals surface area (Å²) in [4.78, 5) is 11.7. The fourth-order valence-corrected chi connectivity index (χ4v) is 1.75. The van der Waals surface area contributed by atoms with Crippen molar-refractivity contribution in [1.29, 1.82) is 0 Å². The molecule has 0 fully saturated rings. The molecule has 1 rings (SSSR count). The fraction of sp³-hybridized carbons (Fsp3) is 0.533. The highest BCUT2D eigenvalue weighted by Crippen LogP contribution is 2.22. The normalized spacial score (nSPS) is 12.0. The van der Waals surface area contributed by atoms with Gasteiger partial charge in [0.15, 0.2) is 6.10 Å². The van der Waals surface area contributed by atoms with Gasteiger partial charge in [-0.3, -0.25) is 0 Å². The first-order valence-electron chi connectivity index (χ1n) is 6.94. The summed E-state index contributed by atoms with van der Waals surface area (Å²) in [6.45, 7) is 7.13. The maximum Gasteiger partial charge on any atom is 0.347 e. The van der Waals surface area contributed by atoms with E-state index in [2.05, 4.69) is 5.32 Å². The monoisotopic (exact) mass is 283 g/mol. The van der Waals surface area contributed by atoms with E-state index in [-0.39, 0.29) is 5.82 Å². The first kappa shape index (κ1) is 16.4. The predicted molar refractivity (Wildman–Crippen MR) is 75.1 cm³/mol. The van der Waals surface area contributed by atoms with E-state index < -0.39 is 12.1 Å². The van der Waals surface area contributed by atoms with E-state index in [0.29, 0.717) is 30.9 Å². The van der Waals surface area contributed by atoms with Gasteiger partial charge < -0.3 is 14.8 Å². The predicted octanol–water partition coefficient (Wildman–Crippen LogP) is 2.66. The van der Waals surface area contributed by atoms with Crippen LogP contribution in [0.4, 0.5) is 4.39 Å². The van der Waals surface area contributed by atoms with Gasteiger partial charge in [-0.15, -0.1) is 0 Å². The minimum Gasteiger partial charge on any atom is -0.478 e. The lowest BCUT2D eigenvalue weighted by Gasteiger charge is -2.18. The van der Waals surface area contributed by atoms with Gasteiger partial charge in [-0.05, 0) is 38.1 Å². The lowest BCUT2D eigenvalue weighted by Crippen LogP contribution is -2.29. The van der Waals surface area contributed by atoms with Crippen molar-refractivity contribution in [3.8, 4) is 5.75 Å². The third kappa shape index (κ3) is 4.81. The van der Waals surface area contributed by atoms with Gasteiger partial charge in [0, 0.05) is 12.1 Å². The topological polar surface area (TPSA) is 47.6 Å². The van der Waals surface area contributed by atoms with E-state index in [4.69, 9.17) is 9.47 Å². The third-order valence-corrected chi connectivity index (χ3v) is 2.78. The zero-order valence-electron chi connectivity index (χ0n) is 12.2. The second-order valence-corrected chi connectivity index (χ2v) is 4.30. The molecular weight excluding hydrogens is 261 g/mol. The maximum absolute atomic E-state index is 13.3. The van der Waals surface area contributed by atoms with Crippen molar-refractivity contribution < 1.29 is 18.7 Å². The first-order chi connectivity index (χ1) is 9.62. The number of hydrogen-bond acceptors (Lipinski definition) is 4. The smallest absolute Gasteiger partial charge is 0.347 e. The average molecular weight is 283 g/mol. The molecule has 1 atom stereocenters. The minimum absolute atomic E-state index is 0.312. The van der Waals surface area contributed by atoms with Crippen LogP contribution in [-0.2, 0) is 16.1 Å². The van der Waals surface area contributed by atoms with Crippen LogP contribution in [-0.4, -0.2) is 25.2 Å². The Morgan fingerprint density at radius 1 is 1.35 bits per heavy atom. The number of ether oxygens (including phenoxy) is 2. The highest BCUT2D eigenvalue weighted by atomic mass is 19.1. The first-order valence-corrected chi connectivity index (χ1v) is 6.94. The number of esters is 1. The number of rotatable bonds is 8. The van der Waals surface area contributed by atoms with E-state index in [1.165, 1.54) is 12.1 Å². The zero-order valence-corrected chi connectivity index (χ0v) is 12.2. The fourth-order valence-electron chi connectivity index (χ4n) is 1.75. The molecule has 4 nitrogen and oxygen atoms in total. The molecule has 0 aromatic heterocycles. The molecule has 0 spiro atoms. The molecule has 20 heavy (non-hydrogen) atoms. The van der Waals surface area contributed by atoms with Crippen LogP contribution in [0.2, 0.25) is 0 Å². The Labute approximate surface area is 119 Å². The van der Waals surface area contributed by atoms with Crippen LogP contribution in [0, 0.1) is 5.82 Å². The van der Waals surface area contributed by atoms with Crippen molar-refractivity contribution in [3.05, 3.63) is 29.6 Å². The molecule has 0 aliphatic rings. The third-order valence-electron chi connectivity index (χ3n) is 2.78. The van der Waals surface area contributed by atoms with Crippen molar-refractivity contribution in [1.82, 2.24) is 5.32 Å². The van der Waals surface area contributed by atoms with E-state index in [0.717, 1.165) is 6.54 Å². The maximum atomic E-state index is 13.3. The van der Waals surface area contributed by atoms with Gasteiger partial charge in [0.05, 0.1) is 6.61 Å². The van der Waals surface area contributed by atoms with Gasteiger partial charge >= 0.3 is 5.97 Å². The highest BCUT2D eigenvalue weighted by molar-refractivity contribution is 5.75. The Hall–Kier alpha value is -1.62. The summed E-state index contributed by atoms with van der Waals surface area (Å²) in [5.41, 5.74) is 0.689. The van der Waals surface area contributed by atoms with Crippen LogP contribution in [0.1, 0.15) is 32.8 Å². The molecule has 0 amide bonds. The largest absolute Gasteiger partial charge is 0.478 e. The minimum atomic E-state index is -0.666. The second kappa shape index (κ2) is 8.53. The molecule has 0 aliphatic carbocycles. The van der Waals surface area contributed by atoms with E-state index in [1.807, 2.05) is 13.8 Å². The van der Waals surface area contributed by atoms with Gasteiger partial charge in [-0.25, -0.2) is 9.18 Å². The number of benzene rings is 1. The van der Waals surface area contributed by atoms with Crippen LogP contribution >= 0.6 is 0 Å². The van der Waals surface area contributed by atoms with Gasteiger partial charge in [0.25, 0.3) is 0 Å². The van der Waals surface area contributed by atoms with Gasteiger partial charge in [-0.1, -0.05) is 13.8 Å². The number of carbonyl (C=O) groups is 1. The number of hydrogen-bond donors (Lipinski definition) is 1. The van der Waals surface area contributed by atoms with E-state index in [9.17, 15) is 9.18 Å². The molecule has 112 valence electrons. The molecule has 1 aromatic carbocycles. The quantitative estimate of drug-likeness (QED) is 0.745. The Kier molecular flexibility index (Phi) is 7.01. The number of halogens is 1. The average Bonchev–Trinajstić information content (AvgIpc) is 2.44. The van der Waals surface area contributed by atoms with Crippen molar-refractivity contribution in [3.63, 3.8) is 0 Å². The molecule has 0 saturated heterocycles. The van der Waals surface area contributed by atoms with Crippen LogP contribution in [0.15, 0.2) is 18.2 Å². The molecule has 5 heteroatoms. The molecule has 0 saturated carbocycles. The Bertz CT molecular complexity index is 437. The Morgan fingerprint density at radius 2 is 2.10 bits per heavy atom. The molecule has 0 radical (unpaired) electrons. The zero-order chi connectivity index (χ0) is 15.0. The van der Waals surface area contributed by atoms with E-state index in [1.54, 1.807) is 13.0 Å².